The van der Waals surface area contributed by atoms with E-state index in [4.69, 9.17) is 0 Å². The van der Waals surface area contributed by atoms with Gasteiger partial charge in [-0.3, -0.25) is 0 Å². The van der Waals surface area contributed by atoms with Gasteiger partial charge in [-0.2, -0.15) is 0 Å². The van der Waals surface area contributed by atoms with Crippen molar-refractivity contribution in [1.82, 2.24) is 0 Å². The zero-order valence-electron chi connectivity index (χ0n) is 11.0. The number of benzene rings is 1. The molecule has 0 spiro atoms. The molecule has 1 aromatic carbocycles. The minimum absolute atomic E-state index is 0.831. The number of aryl methyl sites for hydroxylation is 2. The minimum Gasteiger partial charge on any atom is -0.0925 e. The Morgan fingerprint density at radius 1 is 1.18 bits per heavy atom. The van der Waals surface area contributed by atoms with E-state index in [9.17, 15) is 0 Å². The minimum atomic E-state index is 0.831. The van der Waals surface area contributed by atoms with Crippen LogP contribution in [-0.4, -0.2) is 5.33 Å². The third-order valence-electron chi connectivity index (χ3n) is 4.38. The van der Waals surface area contributed by atoms with Gasteiger partial charge in [-0.05, 0) is 48.8 Å². The van der Waals surface area contributed by atoms with Gasteiger partial charge in [-0.25, -0.2) is 0 Å². The number of hydrogen-bond acceptors (Lipinski definition) is 0. The van der Waals surface area contributed by atoms with Gasteiger partial charge in [-0.1, -0.05) is 59.8 Å². The van der Waals surface area contributed by atoms with Gasteiger partial charge in [0.1, 0.15) is 0 Å². The smallest absolute Gasteiger partial charge is 0.00655 e. The summed E-state index contributed by atoms with van der Waals surface area (Å²) in [6.45, 7) is 4.50. The third kappa shape index (κ3) is 3.13. The predicted octanol–water partition coefficient (Wildman–Crippen LogP) is 5.05. The fourth-order valence-electron chi connectivity index (χ4n) is 3.21. The SMILES string of the molecule is Cc1cccc(C)c1CC(CBr)C1CCCC1. The molecule has 1 aliphatic carbocycles. The van der Waals surface area contributed by atoms with E-state index in [1.54, 1.807) is 5.56 Å². The van der Waals surface area contributed by atoms with Crippen LogP contribution >= 0.6 is 15.9 Å². The second-order valence-electron chi connectivity index (χ2n) is 5.53. The average molecular weight is 295 g/mol. The van der Waals surface area contributed by atoms with E-state index in [1.807, 2.05) is 0 Å². The van der Waals surface area contributed by atoms with Crippen molar-refractivity contribution in [3.05, 3.63) is 34.9 Å². The second-order valence-corrected chi connectivity index (χ2v) is 6.18. The lowest BCUT2D eigenvalue weighted by molar-refractivity contribution is 0.372. The van der Waals surface area contributed by atoms with Crippen molar-refractivity contribution in [2.75, 3.05) is 5.33 Å². The van der Waals surface area contributed by atoms with Crippen LogP contribution < -0.4 is 0 Å². The highest BCUT2D eigenvalue weighted by Gasteiger charge is 2.25. The van der Waals surface area contributed by atoms with Gasteiger partial charge >= 0.3 is 0 Å². The Kier molecular flexibility index (Phi) is 4.67. The average Bonchev–Trinajstić information content (AvgIpc) is 2.82. The van der Waals surface area contributed by atoms with E-state index >= 15 is 0 Å². The van der Waals surface area contributed by atoms with E-state index in [2.05, 4.69) is 48.0 Å². The molecule has 1 atom stereocenters. The Labute approximate surface area is 114 Å². The molecule has 0 aromatic heterocycles. The molecule has 1 heteroatoms. The Morgan fingerprint density at radius 2 is 1.76 bits per heavy atom. The van der Waals surface area contributed by atoms with Crippen LogP contribution in [0.4, 0.5) is 0 Å². The molecule has 1 unspecified atom stereocenters. The lowest BCUT2D eigenvalue weighted by atomic mass is 9.84. The molecule has 0 bridgehead atoms. The van der Waals surface area contributed by atoms with Crippen LogP contribution in [-0.2, 0) is 6.42 Å². The number of rotatable bonds is 4. The molecule has 1 aromatic rings. The van der Waals surface area contributed by atoms with Crippen LogP contribution in [0.3, 0.4) is 0 Å². The molecule has 0 saturated heterocycles. The van der Waals surface area contributed by atoms with Crippen molar-refractivity contribution < 1.29 is 0 Å². The van der Waals surface area contributed by atoms with Crippen molar-refractivity contribution in [1.29, 1.82) is 0 Å². The lowest BCUT2D eigenvalue weighted by Gasteiger charge is -2.23. The summed E-state index contributed by atoms with van der Waals surface area (Å²) in [6, 6.07) is 6.68. The van der Waals surface area contributed by atoms with Crippen molar-refractivity contribution in [2.24, 2.45) is 11.8 Å². The summed E-state index contributed by atoms with van der Waals surface area (Å²) < 4.78 is 0. The summed E-state index contributed by atoms with van der Waals surface area (Å²) in [7, 11) is 0. The zero-order valence-corrected chi connectivity index (χ0v) is 12.6. The van der Waals surface area contributed by atoms with Gasteiger partial charge in [0.15, 0.2) is 0 Å². The number of halogens is 1. The predicted molar refractivity (Wildman–Crippen MR) is 78.9 cm³/mol. The van der Waals surface area contributed by atoms with Crippen LogP contribution in [0.2, 0.25) is 0 Å². The van der Waals surface area contributed by atoms with E-state index in [-0.39, 0.29) is 0 Å². The number of hydrogen-bond donors (Lipinski definition) is 0. The maximum absolute atomic E-state index is 3.73. The van der Waals surface area contributed by atoms with E-state index in [0.717, 1.165) is 17.2 Å². The third-order valence-corrected chi connectivity index (χ3v) is 5.21. The van der Waals surface area contributed by atoms with Gasteiger partial charge in [0, 0.05) is 5.33 Å². The van der Waals surface area contributed by atoms with Crippen molar-refractivity contribution in [3.8, 4) is 0 Å². The number of alkyl halides is 1. The quantitative estimate of drug-likeness (QED) is 0.682. The maximum Gasteiger partial charge on any atom is 0.00655 e. The summed E-state index contributed by atoms with van der Waals surface area (Å²) in [4.78, 5) is 0. The summed E-state index contributed by atoms with van der Waals surface area (Å²) >= 11 is 3.73. The first kappa shape index (κ1) is 13.1. The molecule has 94 valence electrons. The molecule has 1 saturated carbocycles. The van der Waals surface area contributed by atoms with Crippen LogP contribution in [0.25, 0.3) is 0 Å². The monoisotopic (exact) mass is 294 g/mol. The van der Waals surface area contributed by atoms with Crippen LogP contribution in [0.1, 0.15) is 42.4 Å². The topological polar surface area (TPSA) is 0 Å². The Hall–Kier alpha value is -0.300. The van der Waals surface area contributed by atoms with E-state index in [0.29, 0.717) is 0 Å². The van der Waals surface area contributed by atoms with E-state index < -0.39 is 0 Å². The van der Waals surface area contributed by atoms with Gasteiger partial charge in [0.05, 0.1) is 0 Å². The molecular weight excluding hydrogens is 272 g/mol. The summed E-state index contributed by atoms with van der Waals surface area (Å²) in [6.07, 6.45) is 7.04. The lowest BCUT2D eigenvalue weighted by Crippen LogP contribution is -2.17. The first-order valence-electron chi connectivity index (χ1n) is 6.83. The van der Waals surface area contributed by atoms with Crippen LogP contribution in [0, 0.1) is 25.7 Å². The summed E-state index contributed by atoms with van der Waals surface area (Å²) in [5.74, 6) is 1.78. The Bertz CT molecular complexity index is 344. The largest absolute Gasteiger partial charge is 0.0925 e. The van der Waals surface area contributed by atoms with Gasteiger partial charge in [0.2, 0.25) is 0 Å². The first-order valence-corrected chi connectivity index (χ1v) is 7.95. The molecule has 0 nitrogen and oxygen atoms in total. The highest BCUT2D eigenvalue weighted by Crippen LogP contribution is 2.35. The first-order chi connectivity index (χ1) is 8.22. The second kappa shape index (κ2) is 6.04. The van der Waals surface area contributed by atoms with Gasteiger partial charge in [0.25, 0.3) is 0 Å². The van der Waals surface area contributed by atoms with Crippen LogP contribution in [0.15, 0.2) is 18.2 Å². The van der Waals surface area contributed by atoms with Gasteiger partial charge in [-0.15, -0.1) is 0 Å². The van der Waals surface area contributed by atoms with Crippen molar-refractivity contribution in [3.63, 3.8) is 0 Å². The molecule has 0 heterocycles. The van der Waals surface area contributed by atoms with Gasteiger partial charge < -0.3 is 0 Å². The molecule has 17 heavy (non-hydrogen) atoms. The molecular formula is C16H23Br. The standard InChI is InChI=1S/C16H23Br/c1-12-6-5-7-13(2)16(12)10-15(11-17)14-8-3-4-9-14/h5-7,14-15H,3-4,8-11H2,1-2H3. The van der Waals surface area contributed by atoms with Crippen molar-refractivity contribution >= 4 is 15.9 Å². The molecule has 0 aliphatic heterocycles. The van der Waals surface area contributed by atoms with Crippen LogP contribution in [0.5, 0.6) is 0 Å². The molecule has 2 rings (SSSR count). The fourth-order valence-corrected chi connectivity index (χ4v) is 3.97. The maximum atomic E-state index is 3.73. The Morgan fingerprint density at radius 3 is 2.29 bits per heavy atom. The highest BCUT2D eigenvalue weighted by atomic mass is 79.9. The fraction of sp³-hybridized carbons (Fsp3) is 0.625. The molecule has 1 fully saturated rings. The molecule has 1 aliphatic rings. The highest BCUT2D eigenvalue weighted by molar-refractivity contribution is 9.09. The molecule has 0 amide bonds. The molecule has 0 N–H and O–H groups in total. The zero-order chi connectivity index (χ0) is 12.3. The van der Waals surface area contributed by atoms with Crippen molar-refractivity contribution in [2.45, 2.75) is 46.0 Å². The summed E-state index contributed by atoms with van der Waals surface area (Å²) in [5, 5.41) is 1.16. The Balaban J connectivity index is 2.12. The normalized spacial score (nSPS) is 18.5. The molecule has 0 radical (unpaired) electrons. The van der Waals surface area contributed by atoms with E-state index in [1.165, 1.54) is 43.2 Å². The summed E-state index contributed by atoms with van der Waals surface area (Å²) in [5.41, 5.74) is 4.52.